The third-order valence-electron chi connectivity index (χ3n) is 2.98. The van der Waals surface area contributed by atoms with Crippen molar-refractivity contribution in [3.63, 3.8) is 0 Å². The van der Waals surface area contributed by atoms with Gasteiger partial charge in [-0.25, -0.2) is 18.7 Å². The number of ether oxygens (including phenoxy) is 1. The first-order valence-electron chi connectivity index (χ1n) is 6.77. The molecular formula is C15H13F2N5O. The molecule has 3 N–H and O–H groups in total. The minimum Gasteiger partial charge on any atom is -0.456 e. The van der Waals surface area contributed by atoms with E-state index in [1.165, 1.54) is 24.5 Å². The summed E-state index contributed by atoms with van der Waals surface area (Å²) in [5, 5.41) is 2.86. The molecule has 8 heteroatoms. The van der Waals surface area contributed by atoms with Crippen LogP contribution >= 0.6 is 0 Å². The molecule has 1 aliphatic rings. The lowest BCUT2D eigenvalue weighted by molar-refractivity contribution is 0.135. The summed E-state index contributed by atoms with van der Waals surface area (Å²) >= 11 is 0. The van der Waals surface area contributed by atoms with E-state index >= 15 is 0 Å². The van der Waals surface area contributed by atoms with Gasteiger partial charge in [0.05, 0.1) is 6.20 Å². The highest BCUT2D eigenvalue weighted by atomic mass is 19.3. The van der Waals surface area contributed by atoms with Crippen molar-refractivity contribution in [3.8, 4) is 11.5 Å². The molecule has 1 aliphatic heterocycles. The first kappa shape index (κ1) is 14.9. The molecule has 0 fully saturated rings. The number of halogens is 2. The number of aliphatic imine (C=N–C) groups is 1. The molecule has 2 aromatic rings. The predicted octanol–water partition coefficient (Wildman–Crippen LogP) is 2.87. The summed E-state index contributed by atoms with van der Waals surface area (Å²) in [6.07, 6.45) is 3.35. The highest BCUT2D eigenvalue weighted by molar-refractivity contribution is 6.04. The van der Waals surface area contributed by atoms with Crippen LogP contribution in [0.4, 0.5) is 20.4 Å². The average Bonchev–Trinajstić information content (AvgIpc) is 2.99. The van der Waals surface area contributed by atoms with Crippen LogP contribution in [0.2, 0.25) is 0 Å². The Kier molecular flexibility index (Phi) is 4.13. The monoisotopic (exact) mass is 317 g/mol. The highest BCUT2D eigenvalue weighted by Crippen LogP contribution is 2.23. The molecule has 0 saturated heterocycles. The van der Waals surface area contributed by atoms with Crippen molar-refractivity contribution >= 4 is 17.5 Å². The first-order valence-corrected chi connectivity index (χ1v) is 6.77. The Morgan fingerprint density at radius 3 is 2.74 bits per heavy atom. The summed E-state index contributed by atoms with van der Waals surface area (Å²) in [6, 6.07) is 5.49. The maximum Gasteiger partial charge on any atom is 0.264 e. The molecule has 0 radical (unpaired) electrons. The van der Waals surface area contributed by atoms with Crippen LogP contribution in [0.15, 0.2) is 53.8 Å². The highest BCUT2D eigenvalue weighted by Gasteiger charge is 2.20. The molecule has 1 atom stereocenters. The molecule has 0 aliphatic carbocycles. The summed E-state index contributed by atoms with van der Waals surface area (Å²) in [5.41, 5.74) is 5.51. The number of alkyl halides is 2. The zero-order valence-electron chi connectivity index (χ0n) is 11.9. The lowest BCUT2D eigenvalue weighted by Gasteiger charge is -2.08. The molecule has 23 heavy (non-hydrogen) atoms. The van der Waals surface area contributed by atoms with E-state index in [0.29, 0.717) is 29.0 Å². The van der Waals surface area contributed by atoms with Gasteiger partial charge >= 0.3 is 0 Å². The van der Waals surface area contributed by atoms with E-state index in [4.69, 9.17) is 10.5 Å². The molecule has 2 aromatic heterocycles. The van der Waals surface area contributed by atoms with Gasteiger partial charge in [-0.2, -0.15) is 0 Å². The number of nitrogens with zero attached hydrogens (tertiary/aromatic N) is 3. The van der Waals surface area contributed by atoms with Crippen molar-refractivity contribution in [1.82, 2.24) is 9.97 Å². The van der Waals surface area contributed by atoms with Gasteiger partial charge in [-0.3, -0.25) is 4.99 Å². The van der Waals surface area contributed by atoms with Crippen LogP contribution in [-0.4, -0.2) is 28.3 Å². The second-order valence-corrected chi connectivity index (χ2v) is 4.72. The summed E-state index contributed by atoms with van der Waals surface area (Å²) in [5.74, 6) is 2.20. The second-order valence-electron chi connectivity index (χ2n) is 4.72. The second kappa shape index (κ2) is 6.39. The Bertz CT molecular complexity index is 746. The SMILES string of the molecule is Nc1ccc(Oc2ccnc(NC3=NC(C(F)F)C=C3)c2)cn1. The summed E-state index contributed by atoms with van der Waals surface area (Å²) in [7, 11) is 0. The third kappa shape index (κ3) is 3.79. The molecule has 0 saturated carbocycles. The lowest BCUT2D eigenvalue weighted by atomic mass is 10.3. The van der Waals surface area contributed by atoms with Gasteiger partial charge in [-0.1, -0.05) is 6.08 Å². The zero-order valence-corrected chi connectivity index (χ0v) is 11.9. The first-order chi connectivity index (χ1) is 11.1. The number of nitrogens with two attached hydrogens (primary N) is 1. The fourth-order valence-corrected chi connectivity index (χ4v) is 1.91. The van der Waals surface area contributed by atoms with Crippen molar-refractivity contribution in [3.05, 3.63) is 48.8 Å². The van der Waals surface area contributed by atoms with Crippen molar-refractivity contribution in [2.45, 2.75) is 12.5 Å². The van der Waals surface area contributed by atoms with Gasteiger partial charge in [0, 0.05) is 12.3 Å². The van der Waals surface area contributed by atoms with Gasteiger partial charge in [0.2, 0.25) is 0 Å². The fourth-order valence-electron chi connectivity index (χ4n) is 1.91. The smallest absolute Gasteiger partial charge is 0.264 e. The third-order valence-corrected chi connectivity index (χ3v) is 2.98. The average molecular weight is 317 g/mol. The van der Waals surface area contributed by atoms with Gasteiger partial charge in [-0.05, 0) is 24.3 Å². The summed E-state index contributed by atoms with van der Waals surface area (Å²) < 4.78 is 30.7. The van der Waals surface area contributed by atoms with Gasteiger partial charge in [0.1, 0.15) is 35.0 Å². The Morgan fingerprint density at radius 2 is 2.04 bits per heavy atom. The molecule has 0 amide bonds. The van der Waals surface area contributed by atoms with Gasteiger partial charge in [0.25, 0.3) is 6.43 Å². The minimum absolute atomic E-state index is 0.328. The molecule has 118 valence electrons. The van der Waals surface area contributed by atoms with E-state index in [1.54, 1.807) is 24.3 Å². The standard InChI is InChI=1S/C15H13F2N5O/c16-15(17)11-2-4-13(21-11)22-14-7-9(5-6-19-14)23-10-1-3-12(18)20-8-10/h1-8,11,15H,(H2,18,20)(H,19,21,22). The normalized spacial score (nSPS) is 16.5. The number of anilines is 2. The number of rotatable bonds is 4. The Labute approximate surface area is 130 Å². The maximum atomic E-state index is 12.6. The summed E-state index contributed by atoms with van der Waals surface area (Å²) in [6.45, 7) is 0. The van der Waals surface area contributed by atoms with Crippen LogP contribution in [-0.2, 0) is 0 Å². The van der Waals surface area contributed by atoms with Crippen LogP contribution in [0.3, 0.4) is 0 Å². The Hall–Kier alpha value is -3.03. The predicted molar refractivity (Wildman–Crippen MR) is 83.0 cm³/mol. The largest absolute Gasteiger partial charge is 0.456 e. The number of nitrogen functional groups attached to an aromatic ring is 1. The Morgan fingerprint density at radius 1 is 1.17 bits per heavy atom. The molecule has 0 aromatic carbocycles. The molecule has 3 heterocycles. The summed E-state index contributed by atoms with van der Waals surface area (Å²) in [4.78, 5) is 11.9. The lowest BCUT2D eigenvalue weighted by Crippen LogP contribution is -2.13. The number of amidine groups is 1. The van der Waals surface area contributed by atoms with Crippen LogP contribution in [0, 0.1) is 0 Å². The zero-order chi connectivity index (χ0) is 16.2. The topological polar surface area (TPSA) is 85.4 Å². The van der Waals surface area contributed by atoms with Crippen LogP contribution in [0.5, 0.6) is 11.5 Å². The fraction of sp³-hybridized carbons (Fsp3) is 0.133. The molecular weight excluding hydrogens is 304 g/mol. The van der Waals surface area contributed by atoms with Gasteiger partial charge in [-0.15, -0.1) is 0 Å². The minimum atomic E-state index is -2.52. The van der Waals surface area contributed by atoms with Crippen molar-refractivity contribution in [1.29, 1.82) is 0 Å². The molecule has 1 unspecified atom stereocenters. The van der Waals surface area contributed by atoms with E-state index in [0.717, 1.165) is 0 Å². The molecule has 6 nitrogen and oxygen atoms in total. The molecule has 3 rings (SSSR count). The number of aromatic nitrogens is 2. The number of pyridine rings is 2. The van der Waals surface area contributed by atoms with E-state index in [2.05, 4.69) is 20.3 Å². The van der Waals surface area contributed by atoms with Gasteiger partial charge < -0.3 is 15.8 Å². The van der Waals surface area contributed by atoms with Gasteiger partial charge in [0.15, 0.2) is 0 Å². The molecule has 0 bridgehead atoms. The van der Waals surface area contributed by atoms with Crippen LogP contribution in [0.1, 0.15) is 0 Å². The number of nitrogens with one attached hydrogen (secondary N) is 1. The van der Waals surface area contributed by atoms with Crippen molar-refractivity contribution in [2.75, 3.05) is 11.1 Å². The maximum absolute atomic E-state index is 12.6. The van der Waals surface area contributed by atoms with E-state index < -0.39 is 12.5 Å². The van der Waals surface area contributed by atoms with Crippen molar-refractivity contribution < 1.29 is 13.5 Å². The van der Waals surface area contributed by atoms with Crippen LogP contribution < -0.4 is 15.8 Å². The quantitative estimate of drug-likeness (QED) is 0.905. The van der Waals surface area contributed by atoms with E-state index in [-0.39, 0.29) is 0 Å². The Balaban J connectivity index is 1.69. The number of hydrogen-bond donors (Lipinski definition) is 2. The van der Waals surface area contributed by atoms with E-state index in [9.17, 15) is 8.78 Å². The number of hydrogen-bond acceptors (Lipinski definition) is 6. The van der Waals surface area contributed by atoms with Crippen LogP contribution in [0.25, 0.3) is 0 Å². The van der Waals surface area contributed by atoms with E-state index in [1.807, 2.05) is 0 Å². The molecule has 0 spiro atoms. The van der Waals surface area contributed by atoms with Crippen molar-refractivity contribution in [2.24, 2.45) is 4.99 Å².